The van der Waals surface area contributed by atoms with Crippen LogP contribution in [0.4, 0.5) is 4.39 Å². The minimum Gasteiger partial charge on any atom is -0.490 e. The van der Waals surface area contributed by atoms with E-state index in [0.29, 0.717) is 23.6 Å². The minimum atomic E-state index is -0.353. The molecule has 1 aromatic rings. The van der Waals surface area contributed by atoms with E-state index in [1.807, 2.05) is 0 Å². The molecule has 21 heavy (non-hydrogen) atoms. The van der Waals surface area contributed by atoms with Crippen molar-refractivity contribution in [2.45, 2.75) is 44.3 Å². The molecule has 0 bridgehead atoms. The van der Waals surface area contributed by atoms with Crippen LogP contribution in [0.15, 0.2) is 18.2 Å². The van der Waals surface area contributed by atoms with Crippen molar-refractivity contribution in [3.05, 3.63) is 29.6 Å². The number of alkyl halides is 1. The third-order valence-corrected chi connectivity index (χ3v) is 3.79. The molecule has 0 N–H and O–H groups in total. The van der Waals surface area contributed by atoms with Crippen molar-refractivity contribution in [3.8, 4) is 17.6 Å². The van der Waals surface area contributed by atoms with Crippen LogP contribution in [-0.2, 0) is 4.74 Å². The van der Waals surface area contributed by atoms with Gasteiger partial charge in [0.25, 0.3) is 0 Å². The lowest BCUT2D eigenvalue weighted by molar-refractivity contribution is 0.0209. The fourth-order valence-electron chi connectivity index (χ4n) is 2.49. The van der Waals surface area contributed by atoms with Crippen molar-refractivity contribution < 1.29 is 13.9 Å². The van der Waals surface area contributed by atoms with E-state index in [-0.39, 0.29) is 18.0 Å². The van der Waals surface area contributed by atoms with Crippen LogP contribution in [0, 0.1) is 17.7 Å². The van der Waals surface area contributed by atoms with E-state index in [1.165, 1.54) is 6.07 Å². The molecule has 2 rings (SSSR count). The van der Waals surface area contributed by atoms with Gasteiger partial charge in [0.1, 0.15) is 17.7 Å². The molecule has 1 aliphatic rings. The van der Waals surface area contributed by atoms with Gasteiger partial charge < -0.3 is 9.47 Å². The van der Waals surface area contributed by atoms with Gasteiger partial charge in [-0.15, -0.1) is 11.6 Å². The second-order valence-electron chi connectivity index (χ2n) is 5.15. The summed E-state index contributed by atoms with van der Waals surface area (Å²) in [5.74, 6) is 6.26. The first kappa shape index (κ1) is 16.1. The predicted octanol–water partition coefficient (Wildman–Crippen LogP) is 4.14. The van der Waals surface area contributed by atoms with Crippen LogP contribution < -0.4 is 4.74 Å². The number of hydrogen-bond acceptors (Lipinski definition) is 2. The number of hydrogen-bond donors (Lipinski definition) is 0. The first-order valence-corrected chi connectivity index (χ1v) is 7.80. The quantitative estimate of drug-likeness (QED) is 0.614. The van der Waals surface area contributed by atoms with Crippen molar-refractivity contribution in [1.82, 2.24) is 0 Å². The van der Waals surface area contributed by atoms with Crippen LogP contribution in [0.3, 0.4) is 0 Å². The molecular weight excluding hydrogens is 291 g/mol. The maximum absolute atomic E-state index is 13.9. The van der Waals surface area contributed by atoms with Gasteiger partial charge >= 0.3 is 0 Å². The second kappa shape index (κ2) is 8.26. The summed E-state index contributed by atoms with van der Waals surface area (Å²) in [7, 11) is 1.72. The Balaban J connectivity index is 1.98. The monoisotopic (exact) mass is 310 g/mol. The zero-order valence-corrected chi connectivity index (χ0v) is 13.0. The van der Waals surface area contributed by atoms with Crippen LogP contribution in [0.25, 0.3) is 0 Å². The maximum Gasteiger partial charge on any atom is 0.142 e. The van der Waals surface area contributed by atoms with Gasteiger partial charge in [-0.05, 0) is 31.4 Å². The number of rotatable bonds is 4. The fraction of sp³-hybridized carbons (Fsp3) is 0.529. The van der Waals surface area contributed by atoms with Crippen LogP contribution in [0.5, 0.6) is 5.75 Å². The van der Waals surface area contributed by atoms with Gasteiger partial charge in [-0.2, -0.15) is 0 Å². The number of halogens is 2. The van der Waals surface area contributed by atoms with E-state index < -0.39 is 0 Å². The molecule has 0 saturated heterocycles. The largest absolute Gasteiger partial charge is 0.490 e. The molecule has 2 unspecified atom stereocenters. The van der Waals surface area contributed by atoms with Crippen molar-refractivity contribution >= 4 is 11.6 Å². The minimum absolute atomic E-state index is 0.0938. The molecule has 2 nitrogen and oxygen atoms in total. The van der Waals surface area contributed by atoms with Crippen LogP contribution in [-0.4, -0.2) is 25.2 Å². The number of benzene rings is 1. The highest BCUT2D eigenvalue weighted by Crippen LogP contribution is 2.26. The Labute approximate surface area is 130 Å². The Bertz CT molecular complexity index is 521. The van der Waals surface area contributed by atoms with Gasteiger partial charge in [0.15, 0.2) is 0 Å². The smallest absolute Gasteiger partial charge is 0.142 e. The second-order valence-corrected chi connectivity index (χ2v) is 5.52. The molecular formula is C17H20ClFO2. The van der Waals surface area contributed by atoms with Gasteiger partial charge in [0, 0.05) is 31.9 Å². The van der Waals surface area contributed by atoms with E-state index >= 15 is 0 Å². The average molecular weight is 311 g/mol. The zero-order valence-electron chi connectivity index (χ0n) is 12.2. The third-order valence-electron chi connectivity index (χ3n) is 3.60. The Morgan fingerprint density at radius 1 is 1.33 bits per heavy atom. The van der Waals surface area contributed by atoms with Gasteiger partial charge in [0.05, 0.1) is 11.7 Å². The first-order valence-electron chi connectivity index (χ1n) is 7.26. The molecule has 1 saturated carbocycles. The Hall–Kier alpha value is -1.24. The molecule has 0 heterocycles. The topological polar surface area (TPSA) is 18.5 Å². The summed E-state index contributed by atoms with van der Waals surface area (Å²) in [6.45, 7) is 0. The number of ether oxygens (including phenoxy) is 2. The highest BCUT2D eigenvalue weighted by molar-refractivity contribution is 6.18. The predicted molar refractivity (Wildman–Crippen MR) is 82.3 cm³/mol. The van der Waals surface area contributed by atoms with Crippen molar-refractivity contribution in [1.29, 1.82) is 0 Å². The summed E-state index contributed by atoms with van der Waals surface area (Å²) in [6, 6.07) is 4.83. The SMILES string of the molecule is COC1CCCC(Oc2ccc(C#CCCCl)c(F)c2)C1. The van der Waals surface area contributed by atoms with Crippen molar-refractivity contribution in [2.24, 2.45) is 0 Å². The Kier molecular flexibility index (Phi) is 6.35. The molecule has 1 aromatic carbocycles. The highest BCUT2D eigenvalue weighted by atomic mass is 35.5. The molecule has 0 spiro atoms. The zero-order chi connectivity index (χ0) is 15.1. The summed E-state index contributed by atoms with van der Waals surface area (Å²) in [5, 5.41) is 0. The van der Waals surface area contributed by atoms with E-state index in [2.05, 4.69) is 11.8 Å². The maximum atomic E-state index is 13.9. The van der Waals surface area contributed by atoms with Gasteiger partial charge in [-0.3, -0.25) is 0 Å². The van der Waals surface area contributed by atoms with Crippen molar-refractivity contribution in [3.63, 3.8) is 0 Å². The molecule has 1 aliphatic carbocycles. The van der Waals surface area contributed by atoms with Gasteiger partial charge in [-0.25, -0.2) is 4.39 Å². The van der Waals surface area contributed by atoms with Gasteiger partial charge in [0.2, 0.25) is 0 Å². The molecule has 4 heteroatoms. The summed E-state index contributed by atoms with van der Waals surface area (Å²) >= 11 is 5.54. The van der Waals surface area contributed by atoms with E-state index in [4.69, 9.17) is 21.1 Å². The Morgan fingerprint density at radius 3 is 2.86 bits per heavy atom. The highest BCUT2D eigenvalue weighted by Gasteiger charge is 2.23. The molecule has 0 aromatic heterocycles. The van der Waals surface area contributed by atoms with E-state index in [1.54, 1.807) is 19.2 Å². The number of methoxy groups -OCH3 is 1. The normalized spacial score (nSPS) is 21.5. The summed E-state index contributed by atoms with van der Waals surface area (Å²) in [4.78, 5) is 0. The van der Waals surface area contributed by atoms with Crippen molar-refractivity contribution in [2.75, 3.05) is 13.0 Å². The molecule has 0 radical (unpaired) electrons. The third kappa shape index (κ3) is 4.91. The van der Waals surface area contributed by atoms with E-state index in [9.17, 15) is 4.39 Å². The fourth-order valence-corrected chi connectivity index (χ4v) is 2.59. The van der Waals surface area contributed by atoms with Crippen LogP contribution in [0.1, 0.15) is 37.7 Å². The van der Waals surface area contributed by atoms with Crippen LogP contribution in [0.2, 0.25) is 0 Å². The summed E-state index contributed by atoms with van der Waals surface area (Å²) in [6.07, 6.45) is 4.88. The lowest BCUT2D eigenvalue weighted by Gasteiger charge is -2.28. The molecule has 1 fully saturated rings. The molecule has 2 atom stereocenters. The molecule has 0 aliphatic heterocycles. The summed E-state index contributed by atoms with van der Waals surface area (Å²) in [5.41, 5.74) is 0.380. The first-order chi connectivity index (χ1) is 10.2. The molecule has 114 valence electrons. The standard InChI is InChI=1S/C17H20ClFO2/c1-20-14-6-4-7-15(11-14)21-16-9-8-13(17(19)12-16)5-2-3-10-18/h8-9,12,14-15H,3-4,6-7,10-11H2,1H3. The summed E-state index contributed by atoms with van der Waals surface area (Å²) < 4.78 is 25.2. The Morgan fingerprint density at radius 2 is 2.14 bits per heavy atom. The van der Waals surface area contributed by atoms with Crippen LogP contribution >= 0.6 is 11.6 Å². The average Bonchev–Trinajstić information content (AvgIpc) is 2.50. The lowest BCUT2D eigenvalue weighted by atomic mass is 9.95. The lowest BCUT2D eigenvalue weighted by Crippen LogP contribution is -2.29. The van der Waals surface area contributed by atoms with Gasteiger partial charge in [-0.1, -0.05) is 11.8 Å². The van der Waals surface area contributed by atoms with E-state index in [0.717, 1.165) is 25.7 Å². The molecule has 0 amide bonds.